The summed E-state index contributed by atoms with van der Waals surface area (Å²) >= 11 is 0. The molecule has 0 aromatic heterocycles. The van der Waals surface area contributed by atoms with Crippen LogP contribution < -0.4 is 10.5 Å². The van der Waals surface area contributed by atoms with E-state index in [1.807, 2.05) is 36.1 Å². The van der Waals surface area contributed by atoms with Crippen molar-refractivity contribution in [3.8, 4) is 6.07 Å². The molecule has 0 unspecified atom stereocenters. The Morgan fingerprint density at radius 2 is 1.74 bits per heavy atom. The van der Waals surface area contributed by atoms with Crippen LogP contribution in [0.15, 0.2) is 71.6 Å². The molecule has 1 aliphatic rings. The zero-order valence-electron chi connectivity index (χ0n) is 18.9. The van der Waals surface area contributed by atoms with Gasteiger partial charge in [-0.1, -0.05) is 30.3 Å². The quantitative estimate of drug-likeness (QED) is 0.536. The first-order chi connectivity index (χ1) is 16.3. The van der Waals surface area contributed by atoms with Gasteiger partial charge in [-0.3, -0.25) is 9.52 Å². The molecule has 1 saturated heterocycles. The maximum atomic E-state index is 13.3. The van der Waals surface area contributed by atoms with Gasteiger partial charge in [0.2, 0.25) is 0 Å². The van der Waals surface area contributed by atoms with Crippen LogP contribution in [0.25, 0.3) is 0 Å². The van der Waals surface area contributed by atoms with Gasteiger partial charge in [0.1, 0.15) is 4.90 Å². The number of benzene rings is 3. The van der Waals surface area contributed by atoms with Crippen LogP contribution in [-0.2, 0) is 10.0 Å². The first-order valence-corrected chi connectivity index (χ1v) is 12.5. The van der Waals surface area contributed by atoms with E-state index in [9.17, 15) is 13.2 Å². The SMILES string of the molecule is Cc1ccc(NS(=O)(=O)c2ccccc2N)cc1C(=O)N1CCC(c2ccc(C#N)cc2)CC1. The normalized spacial score (nSPS) is 14.4. The maximum Gasteiger partial charge on any atom is 0.263 e. The standard InChI is InChI=1S/C26H26N4O3S/c1-18-6-11-22(29-34(32,33)25-5-3-2-4-24(25)28)16-23(18)26(31)30-14-12-21(13-15-30)20-9-7-19(17-27)8-10-20/h2-11,16,21,29H,12-15,28H2,1H3. The number of hydrogen-bond donors (Lipinski definition) is 2. The molecule has 0 aliphatic carbocycles. The van der Waals surface area contributed by atoms with Crippen LogP contribution in [0, 0.1) is 18.3 Å². The van der Waals surface area contributed by atoms with Crippen molar-refractivity contribution < 1.29 is 13.2 Å². The number of nitriles is 1. The lowest BCUT2D eigenvalue weighted by Gasteiger charge is -2.32. The van der Waals surface area contributed by atoms with Crippen molar-refractivity contribution in [3.05, 3.63) is 89.0 Å². The smallest absolute Gasteiger partial charge is 0.263 e. The second kappa shape index (κ2) is 9.57. The summed E-state index contributed by atoms with van der Waals surface area (Å²) in [5, 5.41) is 8.98. The molecule has 8 heteroatoms. The molecule has 1 fully saturated rings. The monoisotopic (exact) mass is 474 g/mol. The number of likely N-dealkylation sites (tertiary alicyclic amines) is 1. The molecule has 0 spiro atoms. The highest BCUT2D eigenvalue weighted by atomic mass is 32.2. The predicted octanol–water partition coefficient (Wildman–Crippen LogP) is 4.27. The van der Waals surface area contributed by atoms with Crippen molar-refractivity contribution in [2.24, 2.45) is 0 Å². The Morgan fingerprint density at radius 1 is 1.06 bits per heavy atom. The van der Waals surface area contributed by atoms with Crippen LogP contribution in [0.3, 0.4) is 0 Å². The highest BCUT2D eigenvalue weighted by Crippen LogP contribution is 2.30. The number of hydrogen-bond acceptors (Lipinski definition) is 5. The molecule has 1 aliphatic heterocycles. The number of nitrogen functional groups attached to an aromatic ring is 1. The van der Waals surface area contributed by atoms with Gasteiger partial charge in [0, 0.05) is 24.3 Å². The average Bonchev–Trinajstić information content (AvgIpc) is 2.85. The Hall–Kier alpha value is -3.83. The summed E-state index contributed by atoms with van der Waals surface area (Å²) in [5.74, 6) is 0.225. The van der Waals surface area contributed by atoms with Crippen LogP contribution in [0.2, 0.25) is 0 Å². The van der Waals surface area contributed by atoms with E-state index < -0.39 is 10.0 Å². The van der Waals surface area contributed by atoms with E-state index >= 15 is 0 Å². The largest absolute Gasteiger partial charge is 0.398 e. The molecule has 7 nitrogen and oxygen atoms in total. The van der Waals surface area contributed by atoms with Gasteiger partial charge in [-0.05, 0) is 73.2 Å². The Bertz CT molecular complexity index is 1350. The number of para-hydroxylation sites is 1. The first-order valence-electron chi connectivity index (χ1n) is 11.1. The Balaban J connectivity index is 1.47. The molecule has 0 atom stereocenters. The first kappa shape index (κ1) is 23.3. The highest BCUT2D eigenvalue weighted by molar-refractivity contribution is 7.92. The number of nitrogens with one attached hydrogen (secondary N) is 1. The summed E-state index contributed by atoms with van der Waals surface area (Å²) in [6.07, 6.45) is 1.66. The van der Waals surface area contributed by atoms with Crippen LogP contribution in [0.1, 0.15) is 45.8 Å². The minimum absolute atomic E-state index is 0.00618. The third-order valence-corrected chi connectivity index (χ3v) is 7.68. The number of anilines is 2. The summed E-state index contributed by atoms with van der Waals surface area (Å²) < 4.78 is 28.1. The van der Waals surface area contributed by atoms with E-state index in [1.54, 1.807) is 30.3 Å². The fraction of sp³-hybridized carbons (Fsp3) is 0.231. The van der Waals surface area contributed by atoms with Gasteiger partial charge in [0.25, 0.3) is 15.9 Å². The second-order valence-corrected chi connectivity index (χ2v) is 10.1. The van der Waals surface area contributed by atoms with E-state index in [1.165, 1.54) is 17.7 Å². The minimum Gasteiger partial charge on any atom is -0.398 e. The Labute approximate surface area is 199 Å². The van der Waals surface area contributed by atoms with Gasteiger partial charge >= 0.3 is 0 Å². The van der Waals surface area contributed by atoms with Crippen molar-refractivity contribution >= 4 is 27.3 Å². The van der Waals surface area contributed by atoms with E-state index in [4.69, 9.17) is 11.0 Å². The number of piperidine rings is 1. The molecule has 3 aromatic rings. The van der Waals surface area contributed by atoms with Gasteiger partial charge < -0.3 is 10.6 Å². The van der Waals surface area contributed by atoms with Gasteiger partial charge in [0.15, 0.2) is 0 Å². The number of aryl methyl sites for hydroxylation is 1. The molecule has 3 N–H and O–H groups in total. The van der Waals surface area contributed by atoms with E-state index in [0.29, 0.717) is 35.8 Å². The van der Waals surface area contributed by atoms with E-state index in [2.05, 4.69) is 10.8 Å². The van der Waals surface area contributed by atoms with Gasteiger partial charge in [-0.2, -0.15) is 5.26 Å². The molecule has 3 aromatic carbocycles. The zero-order chi connectivity index (χ0) is 24.3. The average molecular weight is 475 g/mol. The fourth-order valence-corrected chi connectivity index (χ4v) is 5.45. The number of amides is 1. The summed E-state index contributed by atoms with van der Waals surface area (Å²) in [6.45, 7) is 3.06. The van der Waals surface area contributed by atoms with Gasteiger partial charge in [-0.15, -0.1) is 0 Å². The maximum absolute atomic E-state index is 13.3. The molecule has 0 radical (unpaired) electrons. The van der Waals surface area contributed by atoms with Gasteiger partial charge in [-0.25, -0.2) is 8.42 Å². The molecule has 34 heavy (non-hydrogen) atoms. The number of rotatable bonds is 5. The molecule has 174 valence electrons. The Morgan fingerprint density at radius 3 is 2.38 bits per heavy atom. The topological polar surface area (TPSA) is 116 Å². The third-order valence-electron chi connectivity index (χ3n) is 6.22. The van der Waals surface area contributed by atoms with Crippen molar-refractivity contribution in [3.63, 3.8) is 0 Å². The number of carbonyl (C=O) groups excluding carboxylic acids is 1. The molecule has 1 amide bonds. The predicted molar refractivity (Wildman–Crippen MR) is 132 cm³/mol. The summed E-state index contributed by atoms with van der Waals surface area (Å²) in [5.41, 5.74) is 9.36. The minimum atomic E-state index is -3.89. The molecule has 1 heterocycles. The lowest BCUT2D eigenvalue weighted by molar-refractivity contribution is 0.0712. The highest BCUT2D eigenvalue weighted by Gasteiger charge is 2.26. The summed E-state index contributed by atoms with van der Waals surface area (Å²) in [6, 6.07) is 21.0. The zero-order valence-corrected chi connectivity index (χ0v) is 19.7. The number of nitrogens with zero attached hydrogens (tertiary/aromatic N) is 2. The number of carbonyl (C=O) groups is 1. The summed E-state index contributed by atoms with van der Waals surface area (Å²) in [4.78, 5) is 15.1. The molecule has 0 saturated carbocycles. The fourth-order valence-electron chi connectivity index (χ4n) is 4.27. The van der Waals surface area contributed by atoms with Crippen molar-refractivity contribution in [2.75, 3.05) is 23.5 Å². The number of nitrogens with two attached hydrogens (primary N) is 1. The molecule has 4 rings (SSSR count). The van der Waals surface area contributed by atoms with Crippen molar-refractivity contribution in [1.82, 2.24) is 4.90 Å². The van der Waals surface area contributed by atoms with Gasteiger partial charge in [0.05, 0.1) is 17.3 Å². The van der Waals surface area contributed by atoms with Crippen molar-refractivity contribution in [1.29, 1.82) is 5.26 Å². The third kappa shape index (κ3) is 4.90. The van der Waals surface area contributed by atoms with Crippen LogP contribution in [-0.4, -0.2) is 32.3 Å². The number of sulfonamides is 1. The Kier molecular flexibility index (Phi) is 6.57. The van der Waals surface area contributed by atoms with Crippen LogP contribution in [0.5, 0.6) is 0 Å². The molecule has 0 bridgehead atoms. The molecular weight excluding hydrogens is 448 g/mol. The lowest BCUT2D eigenvalue weighted by atomic mass is 9.88. The van der Waals surface area contributed by atoms with E-state index in [-0.39, 0.29) is 16.5 Å². The van der Waals surface area contributed by atoms with Crippen LogP contribution >= 0.6 is 0 Å². The van der Waals surface area contributed by atoms with Crippen LogP contribution in [0.4, 0.5) is 11.4 Å². The van der Waals surface area contributed by atoms with E-state index in [0.717, 1.165) is 18.4 Å². The molecular formula is C26H26N4O3S. The second-order valence-electron chi connectivity index (χ2n) is 8.47. The van der Waals surface area contributed by atoms with Crippen molar-refractivity contribution in [2.45, 2.75) is 30.6 Å². The summed E-state index contributed by atoms with van der Waals surface area (Å²) in [7, 11) is -3.89. The lowest BCUT2D eigenvalue weighted by Crippen LogP contribution is -2.38.